The summed E-state index contributed by atoms with van der Waals surface area (Å²) in [6, 6.07) is 3.19. The number of nitrogens with one attached hydrogen (secondary N) is 1. The number of rotatable bonds is 6. The predicted octanol–water partition coefficient (Wildman–Crippen LogP) is 3.93. The van der Waals surface area contributed by atoms with Crippen LogP contribution in [-0.2, 0) is 0 Å². The number of hydrogen-bond donors (Lipinski definition) is 2. The van der Waals surface area contributed by atoms with Crippen molar-refractivity contribution >= 4 is 28.9 Å². The molecule has 1 aromatic carbocycles. The summed E-state index contributed by atoms with van der Waals surface area (Å²) in [4.78, 5) is 21.6. The second-order valence-electron chi connectivity index (χ2n) is 6.80. The molecule has 0 aliphatic heterocycles. The van der Waals surface area contributed by atoms with Crippen molar-refractivity contribution in [2.45, 2.75) is 6.61 Å². The van der Waals surface area contributed by atoms with Gasteiger partial charge in [0.25, 0.3) is 5.91 Å². The van der Waals surface area contributed by atoms with Gasteiger partial charge in [-0.1, -0.05) is 17.5 Å². The normalized spacial score (nSPS) is 10.7. The van der Waals surface area contributed by atoms with Crippen LogP contribution in [0.25, 0.3) is 16.9 Å². The van der Waals surface area contributed by atoms with E-state index in [1.165, 1.54) is 30.9 Å². The molecule has 3 heterocycles. The molecule has 0 aliphatic carbocycles. The van der Waals surface area contributed by atoms with Gasteiger partial charge in [0.2, 0.25) is 5.82 Å². The standard InChI is InChI=1S/C22H13ClF3N7O2/c1-2-11-8-28-10-17(27)19(11)14-6-15(23)13(7-16(14)24)21(34)32-12-5-18(35-22(25)26)20(29-9-12)33-30-3-4-31-33/h1,3-10,22H,27H2,(H,32,34). The lowest BCUT2D eigenvalue weighted by molar-refractivity contribution is -0.0501. The van der Waals surface area contributed by atoms with Crippen molar-refractivity contribution in [1.82, 2.24) is 25.0 Å². The summed E-state index contributed by atoms with van der Waals surface area (Å²) in [6.45, 7) is -3.18. The van der Waals surface area contributed by atoms with Crippen molar-refractivity contribution in [2.75, 3.05) is 11.1 Å². The maximum atomic E-state index is 15.0. The summed E-state index contributed by atoms with van der Waals surface area (Å²) in [5, 5.41) is 9.92. The third-order valence-corrected chi connectivity index (χ3v) is 4.93. The van der Waals surface area contributed by atoms with Crippen molar-refractivity contribution in [3.05, 3.63) is 71.2 Å². The van der Waals surface area contributed by atoms with Crippen LogP contribution >= 0.6 is 11.6 Å². The lowest BCUT2D eigenvalue weighted by Gasteiger charge is -2.14. The van der Waals surface area contributed by atoms with Crippen molar-refractivity contribution in [1.29, 1.82) is 0 Å². The molecule has 0 atom stereocenters. The molecule has 0 aliphatic rings. The maximum absolute atomic E-state index is 15.0. The van der Waals surface area contributed by atoms with Crippen LogP contribution in [0.2, 0.25) is 5.02 Å². The van der Waals surface area contributed by atoms with E-state index in [2.05, 4.69) is 36.1 Å². The fourth-order valence-electron chi connectivity index (χ4n) is 3.16. The van der Waals surface area contributed by atoms with Gasteiger partial charge in [-0.25, -0.2) is 9.37 Å². The zero-order chi connectivity index (χ0) is 25.1. The van der Waals surface area contributed by atoms with Crippen LogP contribution in [0.1, 0.15) is 15.9 Å². The Bertz CT molecular complexity index is 1460. The minimum absolute atomic E-state index is 0.0234. The van der Waals surface area contributed by atoms with Crippen LogP contribution in [-0.4, -0.2) is 37.5 Å². The first-order chi connectivity index (χ1) is 16.8. The summed E-state index contributed by atoms with van der Waals surface area (Å²) < 4.78 is 45.3. The fourth-order valence-corrected chi connectivity index (χ4v) is 3.41. The highest BCUT2D eigenvalue weighted by Crippen LogP contribution is 2.34. The molecule has 0 fully saturated rings. The number of carbonyl (C=O) groups is 1. The zero-order valence-corrected chi connectivity index (χ0v) is 18.2. The van der Waals surface area contributed by atoms with E-state index in [9.17, 15) is 13.6 Å². The maximum Gasteiger partial charge on any atom is 0.387 e. The van der Waals surface area contributed by atoms with Gasteiger partial charge >= 0.3 is 6.61 Å². The molecule has 0 saturated heterocycles. The molecular formula is C22H13ClF3N7O2. The molecule has 3 aromatic heterocycles. The number of amides is 1. The van der Waals surface area contributed by atoms with E-state index < -0.39 is 24.1 Å². The van der Waals surface area contributed by atoms with Crippen LogP contribution in [0, 0.1) is 18.2 Å². The number of alkyl halides is 2. The number of nitrogen functional groups attached to an aromatic ring is 1. The average Bonchev–Trinajstić information content (AvgIpc) is 3.34. The van der Waals surface area contributed by atoms with Crippen LogP contribution in [0.3, 0.4) is 0 Å². The van der Waals surface area contributed by atoms with Gasteiger partial charge in [-0.05, 0) is 12.1 Å². The minimum Gasteiger partial charge on any atom is -0.431 e. The number of carbonyl (C=O) groups excluding carboxylic acids is 1. The number of pyridine rings is 2. The Morgan fingerprint density at radius 3 is 2.63 bits per heavy atom. The smallest absolute Gasteiger partial charge is 0.387 e. The van der Waals surface area contributed by atoms with Crippen LogP contribution in [0.5, 0.6) is 5.75 Å². The number of ether oxygens (including phenoxy) is 1. The van der Waals surface area contributed by atoms with E-state index in [0.29, 0.717) is 0 Å². The molecule has 0 spiro atoms. The molecule has 176 valence electrons. The Morgan fingerprint density at radius 2 is 1.94 bits per heavy atom. The molecule has 0 radical (unpaired) electrons. The van der Waals surface area contributed by atoms with Crippen LogP contribution in [0.4, 0.5) is 24.5 Å². The van der Waals surface area contributed by atoms with Gasteiger partial charge in [0, 0.05) is 23.4 Å². The Labute approximate surface area is 200 Å². The summed E-state index contributed by atoms with van der Waals surface area (Å²) in [5.41, 5.74) is 6.18. The Kier molecular flexibility index (Phi) is 6.52. The number of benzene rings is 1. The molecule has 3 N–H and O–H groups in total. The Hall–Kier alpha value is -4.63. The van der Waals surface area contributed by atoms with Crippen LogP contribution < -0.4 is 15.8 Å². The van der Waals surface area contributed by atoms with Gasteiger partial charge in [-0.15, -0.1) is 11.2 Å². The third kappa shape index (κ3) is 4.85. The monoisotopic (exact) mass is 499 g/mol. The van der Waals surface area contributed by atoms with E-state index in [-0.39, 0.29) is 44.5 Å². The summed E-state index contributed by atoms with van der Waals surface area (Å²) in [5.74, 6) is 0.164. The third-order valence-electron chi connectivity index (χ3n) is 4.62. The number of hydrogen-bond acceptors (Lipinski definition) is 7. The fraction of sp³-hybridized carbons (Fsp3) is 0.0455. The van der Waals surface area contributed by atoms with Gasteiger partial charge in [0.15, 0.2) is 5.75 Å². The summed E-state index contributed by atoms with van der Waals surface area (Å²) in [6.07, 6.45) is 11.9. The van der Waals surface area contributed by atoms with E-state index in [1.807, 2.05) is 0 Å². The molecule has 1 amide bonds. The number of aromatic nitrogens is 5. The largest absolute Gasteiger partial charge is 0.431 e. The van der Waals surface area contributed by atoms with Gasteiger partial charge < -0.3 is 15.8 Å². The highest BCUT2D eigenvalue weighted by Gasteiger charge is 2.21. The van der Waals surface area contributed by atoms with Crippen molar-refractivity contribution in [3.63, 3.8) is 0 Å². The number of anilines is 2. The molecule has 35 heavy (non-hydrogen) atoms. The second kappa shape index (κ2) is 9.70. The first kappa shape index (κ1) is 23.5. The Morgan fingerprint density at radius 1 is 1.20 bits per heavy atom. The van der Waals surface area contributed by atoms with Gasteiger partial charge in [0.1, 0.15) is 5.82 Å². The first-order valence-corrected chi connectivity index (χ1v) is 9.98. The molecule has 0 saturated carbocycles. The van der Waals surface area contributed by atoms with Gasteiger partial charge in [-0.3, -0.25) is 9.78 Å². The molecule has 0 bridgehead atoms. The predicted molar refractivity (Wildman–Crippen MR) is 121 cm³/mol. The lowest BCUT2D eigenvalue weighted by atomic mass is 9.98. The van der Waals surface area contributed by atoms with Gasteiger partial charge in [-0.2, -0.15) is 19.0 Å². The molecule has 9 nitrogen and oxygen atoms in total. The molecule has 13 heteroatoms. The Balaban J connectivity index is 1.66. The number of terminal acetylenes is 1. The molecule has 4 aromatic rings. The SMILES string of the molecule is C#Cc1cncc(N)c1-c1cc(Cl)c(C(=O)Nc2cnc(-n3nccn3)c(OC(F)F)c2)cc1F. The minimum atomic E-state index is -3.18. The lowest BCUT2D eigenvalue weighted by Crippen LogP contribution is -2.15. The number of nitrogens with zero attached hydrogens (tertiary/aromatic N) is 5. The first-order valence-electron chi connectivity index (χ1n) is 9.61. The average molecular weight is 500 g/mol. The van der Waals surface area contributed by atoms with E-state index >= 15 is 4.39 Å². The van der Waals surface area contributed by atoms with Crippen LogP contribution in [0.15, 0.2) is 49.2 Å². The number of halogens is 4. The van der Waals surface area contributed by atoms with E-state index in [4.69, 9.17) is 23.8 Å². The highest BCUT2D eigenvalue weighted by molar-refractivity contribution is 6.34. The quantitative estimate of drug-likeness (QED) is 0.385. The second-order valence-corrected chi connectivity index (χ2v) is 7.21. The molecular weight excluding hydrogens is 487 g/mol. The van der Waals surface area contributed by atoms with Crippen molar-refractivity contribution < 1.29 is 22.7 Å². The van der Waals surface area contributed by atoms with Crippen molar-refractivity contribution in [2.24, 2.45) is 0 Å². The zero-order valence-electron chi connectivity index (χ0n) is 17.4. The molecule has 4 rings (SSSR count). The van der Waals surface area contributed by atoms with E-state index in [1.54, 1.807) is 0 Å². The topological polar surface area (TPSA) is 121 Å². The van der Waals surface area contributed by atoms with Crippen molar-refractivity contribution in [3.8, 4) is 35.0 Å². The number of nitrogens with two attached hydrogens (primary N) is 1. The van der Waals surface area contributed by atoms with Gasteiger partial charge in [0.05, 0.1) is 52.3 Å². The summed E-state index contributed by atoms with van der Waals surface area (Å²) in [7, 11) is 0. The highest BCUT2D eigenvalue weighted by atomic mass is 35.5. The summed E-state index contributed by atoms with van der Waals surface area (Å²) >= 11 is 6.26. The molecule has 0 unspecified atom stereocenters. The van der Waals surface area contributed by atoms with E-state index in [0.717, 1.165) is 23.1 Å².